The van der Waals surface area contributed by atoms with Crippen molar-refractivity contribution in [3.05, 3.63) is 72.4 Å². The molecule has 4 aliphatic carbocycles. The third kappa shape index (κ3) is 6.23. The molecule has 12 nitrogen and oxygen atoms in total. The summed E-state index contributed by atoms with van der Waals surface area (Å²) in [7, 11) is 0. The lowest BCUT2D eigenvalue weighted by Gasteiger charge is -2.20. The fraction of sp³-hybridized carbons (Fsp3) is 0.455. The van der Waals surface area contributed by atoms with Crippen molar-refractivity contribution in [3.63, 3.8) is 0 Å². The molecule has 10 rings (SSSR count). The Kier molecular flexibility index (Phi) is 7.19. The number of benzene rings is 3. The molecule has 12 heteroatoms. The van der Waals surface area contributed by atoms with Gasteiger partial charge < -0.3 is 30.1 Å². The van der Waals surface area contributed by atoms with E-state index in [1.807, 2.05) is 65.9 Å². The van der Waals surface area contributed by atoms with Gasteiger partial charge in [-0.25, -0.2) is 24.5 Å². The molecule has 2 amide bonds. The van der Waals surface area contributed by atoms with Crippen LogP contribution in [0.4, 0.5) is 9.59 Å². The second-order valence-electron chi connectivity index (χ2n) is 19.0. The quantitative estimate of drug-likeness (QED) is 0.108. The highest BCUT2D eigenvalue weighted by atomic mass is 16.6. The van der Waals surface area contributed by atoms with Gasteiger partial charge in [-0.3, -0.25) is 4.98 Å². The molecule has 0 radical (unpaired) electrons. The van der Waals surface area contributed by atoms with Crippen LogP contribution in [0.25, 0.3) is 55.5 Å². The lowest BCUT2D eigenvalue weighted by molar-refractivity contribution is 0.0498. The first-order chi connectivity index (χ1) is 26.5. The molecule has 4 N–H and O–H groups in total. The molecule has 0 spiro atoms. The number of hydrogen-bond acceptors (Lipinski definition) is 8. The fourth-order valence-electron chi connectivity index (χ4n) is 9.05. The minimum absolute atomic E-state index is 0.0853. The van der Waals surface area contributed by atoms with Crippen molar-refractivity contribution < 1.29 is 19.1 Å². The highest BCUT2D eigenvalue weighted by Crippen LogP contribution is 2.81. The Labute approximate surface area is 325 Å². The van der Waals surface area contributed by atoms with Crippen LogP contribution in [0.2, 0.25) is 0 Å². The maximum atomic E-state index is 12.3. The van der Waals surface area contributed by atoms with Gasteiger partial charge in [-0.1, -0.05) is 18.2 Å². The van der Waals surface area contributed by atoms with E-state index in [4.69, 9.17) is 29.4 Å². The highest BCUT2D eigenvalue weighted by Gasteiger charge is 2.84. The molecule has 4 aliphatic rings. The van der Waals surface area contributed by atoms with Gasteiger partial charge in [0.05, 0.1) is 56.1 Å². The van der Waals surface area contributed by atoms with Gasteiger partial charge in [0.15, 0.2) is 0 Å². The number of hydrogen-bond donors (Lipinski definition) is 4. The van der Waals surface area contributed by atoms with Gasteiger partial charge in [-0.2, -0.15) is 0 Å². The van der Waals surface area contributed by atoms with Crippen molar-refractivity contribution in [1.82, 2.24) is 40.5 Å². The zero-order chi connectivity index (χ0) is 38.9. The number of carbonyl (C=O) groups excluding carboxylic acids is 2. The van der Waals surface area contributed by atoms with Gasteiger partial charge in [0.25, 0.3) is 0 Å². The standard InChI is InChI=1S/C44H48N8O4/c1-39(2,3)55-37(53)51-43-21-41(43,22-43)15-13-35-47-29-11-8-26(18-32(29)49-35)25-7-10-28-31(17-25)45-20-34(46-28)27-9-12-30-33(19-27)50-36(48-30)14-16-42-23-44(42,24-42)52-38(54)56-40(4,5)6/h7-12,17-20H,13-16,21-24H2,1-6H3,(H,47,49)(H,48,50)(H,51,53)(H,52,54). The Morgan fingerprint density at radius 2 is 1.09 bits per heavy atom. The van der Waals surface area contributed by atoms with E-state index in [1.54, 1.807) is 0 Å². The Balaban J connectivity index is 0.774. The predicted octanol–water partition coefficient (Wildman–Crippen LogP) is 8.70. The number of fused-ring (bicyclic) bond motifs is 5. The Morgan fingerprint density at radius 3 is 1.61 bits per heavy atom. The van der Waals surface area contributed by atoms with E-state index in [0.717, 1.165) is 118 Å². The fourth-order valence-corrected chi connectivity index (χ4v) is 9.05. The number of amides is 2. The molecule has 288 valence electrons. The molecule has 0 atom stereocenters. The number of aromatic nitrogens is 6. The van der Waals surface area contributed by atoms with Gasteiger partial charge in [0, 0.05) is 18.4 Å². The summed E-state index contributed by atoms with van der Waals surface area (Å²) in [5.41, 5.74) is 8.60. The molecule has 4 fully saturated rings. The van der Waals surface area contributed by atoms with E-state index in [0.29, 0.717) is 0 Å². The summed E-state index contributed by atoms with van der Waals surface area (Å²) in [6, 6.07) is 18.7. The number of H-pyrrole nitrogens is 2. The molecule has 3 aromatic heterocycles. The Bertz CT molecular complexity index is 2420. The number of imidazole rings is 2. The summed E-state index contributed by atoms with van der Waals surface area (Å²) < 4.78 is 11.0. The number of rotatable bonds is 10. The van der Waals surface area contributed by atoms with Crippen molar-refractivity contribution in [2.24, 2.45) is 10.8 Å². The minimum Gasteiger partial charge on any atom is -0.444 e. The van der Waals surface area contributed by atoms with Gasteiger partial charge >= 0.3 is 12.2 Å². The first-order valence-corrected chi connectivity index (χ1v) is 19.8. The molecule has 3 aromatic carbocycles. The zero-order valence-corrected chi connectivity index (χ0v) is 32.9. The van der Waals surface area contributed by atoms with Crippen LogP contribution >= 0.6 is 0 Å². The second-order valence-corrected chi connectivity index (χ2v) is 19.0. The third-order valence-electron chi connectivity index (χ3n) is 12.5. The zero-order valence-electron chi connectivity index (χ0n) is 32.9. The molecular formula is C44H48N8O4. The summed E-state index contributed by atoms with van der Waals surface area (Å²) >= 11 is 0. The van der Waals surface area contributed by atoms with Crippen LogP contribution in [0.5, 0.6) is 0 Å². The smallest absolute Gasteiger partial charge is 0.408 e. The first kappa shape index (κ1) is 34.9. The molecule has 0 aliphatic heterocycles. The monoisotopic (exact) mass is 752 g/mol. The van der Waals surface area contributed by atoms with Gasteiger partial charge in [0.2, 0.25) is 0 Å². The van der Waals surface area contributed by atoms with Crippen molar-refractivity contribution in [2.75, 3.05) is 0 Å². The second kappa shape index (κ2) is 11.5. The Hall–Kier alpha value is -5.52. The normalized spacial score (nSPS) is 25.8. The van der Waals surface area contributed by atoms with Gasteiger partial charge in [-0.05, 0) is 138 Å². The lowest BCUT2D eigenvalue weighted by atomic mass is 10.0. The molecule has 6 aromatic rings. The summed E-state index contributed by atoms with van der Waals surface area (Å²) in [4.78, 5) is 51.2. The summed E-state index contributed by atoms with van der Waals surface area (Å²) in [5, 5.41) is 6.24. The van der Waals surface area contributed by atoms with E-state index in [1.165, 1.54) is 0 Å². The van der Waals surface area contributed by atoms with Crippen LogP contribution in [-0.4, -0.2) is 64.4 Å². The van der Waals surface area contributed by atoms with E-state index >= 15 is 0 Å². The number of aryl methyl sites for hydroxylation is 2. The van der Waals surface area contributed by atoms with Crippen LogP contribution in [0.3, 0.4) is 0 Å². The molecule has 0 bridgehead atoms. The van der Waals surface area contributed by atoms with Crippen molar-refractivity contribution in [3.8, 4) is 22.4 Å². The summed E-state index contributed by atoms with van der Waals surface area (Å²) in [6.07, 6.45) is 8.85. The molecule has 3 heterocycles. The van der Waals surface area contributed by atoms with Crippen molar-refractivity contribution in [2.45, 2.75) is 115 Å². The van der Waals surface area contributed by atoms with Crippen LogP contribution in [-0.2, 0) is 22.3 Å². The van der Waals surface area contributed by atoms with E-state index in [-0.39, 0.29) is 34.1 Å². The molecule has 56 heavy (non-hydrogen) atoms. The molecule has 4 saturated carbocycles. The topological polar surface area (TPSA) is 160 Å². The average Bonchev–Trinajstić information content (AvgIpc) is 4.02. The molecule has 0 unspecified atom stereocenters. The van der Waals surface area contributed by atoms with Crippen LogP contribution in [0, 0.1) is 10.8 Å². The number of nitrogens with zero attached hydrogens (tertiary/aromatic N) is 4. The number of aromatic amines is 2. The SMILES string of the molecule is CC(C)(C)OC(=O)NC12CC1(CCc1nc3ccc(-c4ccc5nc(-c6ccc7nc(CCC89CC8(NC(=O)OC(C)(C)C)C9)[nH]c7c6)cnc5c4)cc3[nH]1)C2. The van der Waals surface area contributed by atoms with Crippen molar-refractivity contribution in [1.29, 1.82) is 0 Å². The maximum absolute atomic E-state index is 12.3. The first-order valence-electron chi connectivity index (χ1n) is 19.8. The molecule has 0 saturated heterocycles. The van der Waals surface area contributed by atoms with E-state index in [2.05, 4.69) is 57.0 Å². The third-order valence-corrected chi connectivity index (χ3v) is 12.5. The van der Waals surface area contributed by atoms with E-state index in [9.17, 15) is 9.59 Å². The van der Waals surface area contributed by atoms with Crippen LogP contribution < -0.4 is 10.6 Å². The average molecular weight is 753 g/mol. The predicted molar refractivity (Wildman–Crippen MR) is 214 cm³/mol. The highest BCUT2D eigenvalue weighted by molar-refractivity contribution is 5.88. The summed E-state index contributed by atoms with van der Waals surface area (Å²) in [5.74, 6) is 1.92. The van der Waals surface area contributed by atoms with Crippen molar-refractivity contribution >= 4 is 45.3 Å². The minimum atomic E-state index is -0.500. The Morgan fingerprint density at radius 1 is 0.625 bits per heavy atom. The molecular weight excluding hydrogens is 705 g/mol. The van der Waals surface area contributed by atoms with Gasteiger partial charge in [0.1, 0.15) is 22.9 Å². The lowest BCUT2D eigenvalue weighted by Crippen LogP contribution is -2.36. The number of nitrogens with one attached hydrogen (secondary N) is 4. The number of ether oxygens (including phenoxy) is 2. The number of carbonyl (C=O) groups is 2. The summed E-state index contributed by atoms with van der Waals surface area (Å²) in [6.45, 7) is 11.3. The van der Waals surface area contributed by atoms with Gasteiger partial charge in [-0.15, -0.1) is 0 Å². The largest absolute Gasteiger partial charge is 0.444 e. The number of alkyl carbamates (subject to hydrolysis) is 2. The van der Waals surface area contributed by atoms with Crippen LogP contribution in [0.1, 0.15) is 91.7 Å². The van der Waals surface area contributed by atoms with Crippen LogP contribution in [0.15, 0.2) is 60.8 Å². The maximum Gasteiger partial charge on any atom is 0.408 e. The van der Waals surface area contributed by atoms with E-state index < -0.39 is 11.2 Å².